The molecule has 2 N–H and O–H groups in total. The van der Waals surface area contributed by atoms with E-state index in [0.29, 0.717) is 22.9 Å². The van der Waals surface area contributed by atoms with Gasteiger partial charge in [0.25, 0.3) is 5.91 Å². The molecule has 1 aliphatic carbocycles. The number of halogens is 1. The highest BCUT2D eigenvalue weighted by molar-refractivity contribution is 6.37. The average molecular weight is 453 g/mol. The lowest BCUT2D eigenvalue weighted by Crippen LogP contribution is -2.61. The number of carbonyl (C=O) groups is 1. The van der Waals surface area contributed by atoms with Gasteiger partial charge in [0, 0.05) is 62.2 Å². The second-order valence-electron chi connectivity index (χ2n) is 8.82. The molecule has 1 saturated carbocycles. The first-order chi connectivity index (χ1) is 15.7. The Kier molecular flexibility index (Phi) is 6.13. The van der Waals surface area contributed by atoms with Gasteiger partial charge in [0.1, 0.15) is 0 Å². The quantitative estimate of drug-likeness (QED) is 0.620. The molecule has 1 saturated heterocycles. The molecule has 0 atom stereocenters. The van der Waals surface area contributed by atoms with Crippen LogP contribution in [0.4, 0.5) is 0 Å². The molecule has 1 aliphatic heterocycles. The number of carbonyl (C=O) groups excluding carboxylic acids is 1. The number of piperazine rings is 1. The van der Waals surface area contributed by atoms with Crippen LogP contribution in [0.2, 0.25) is 5.02 Å². The molecule has 32 heavy (non-hydrogen) atoms. The van der Waals surface area contributed by atoms with Crippen molar-refractivity contribution in [2.24, 2.45) is 0 Å². The number of nitrogens with one attached hydrogen (secondary N) is 2. The van der Waals surface area contributed by atoms with Crippen molar-refractivity contribution in [3.05, 3.63) is 53.6 Å². The Morgan fingerprint density at radius 2 is 1.97 bits per heavy atom. The van der Waals surface area contributed by atoms with Gasteiger partial charge in [-0.1, -0.05) is 36.9 Å². The number of hydrogen-bond acceptors (Lipinski definition) is 5. The van der Waals surface area contributed by atoms with E-state index in [-0.39, 0.29) is 11.4 Å². The smallest absolute Gasteiger partial charge is 0.253 e. The number of amides is 1. The maximum absolute atomic E-state index is 13.5. The maximum atomic E-state index is 13.5. The van der Waals surface area contributed by atoms with Gasteiger partial charge in [-0.15, -0.1) is 0 Å². The molecule has 0 radical (unpaired) electrons. The fourth-order valence-electron chi connectivity index (χ4n) is 5.31. The van der Waals surface area contributed by atoms with Gasteiger partial charge in [0.2, 0.25) is 0 Å². The number of hydrogen-bond donors (Lipinski definition) is 2. The first kappa shape index (κ1) is 21.4. The average Bonchev–Trinajstić information content (AvgIpc) is 3.25. The summed E-state index contributed by atoms with van der Waals surface area (Å²) >= 11 is 6.56. The summed E-state index contributed by atoms with van der Waals surface area (Å²) in [5, 5.41) is 8.04. The molecule has 3 heterocycles. The van der Waals surface area contributed by atoms with E-state index in [2.05, 4.69) is 25.5 Å². The van der Waals surface area contributed by atoms with Gasteiger partial charge < -0.3 is 10.6 Å². The second-order valence-corrected chi connectivity index (χ2v) is 9.22. The van der Waals surface area contributed by atoms with E-state index < -0.39 is 0 Å². The van der Waals surface area contributed by atoms with Crippen LogP contribution in [0.5, 0.6) is 0 Å². The predicted molar refractivity (Wildman–Crippen MR) is 126 cm³/mol. The van der Waals surface area contributed by atoms with Crippen molar-refractivity contribution in [3.63, 3.8) is 0 Å². The van der Waals surface area contributed by atoms with Crippen LogP contribution < -0.4 is 10.6 Å². The van der Waals surface area contributed by atoms with Gasteiger partial charge in [-0.05, 0) is 25.0 Å². The van der Waals surface area contributed by atoms with Crippen molar-refractivity contribution in [1.29, 1.82) is 0 Å². The predicted octanol–water partition coefficient (Wildman–Crippen LogP) is 3.41. The molecule has 3 aromatic rings. The van der Waals surface area contributed by atoms with E-state index in [1.807, 2.05) is 29.0 Å². The lowest BCUT2D eigenvalue weighted by atomic mass is 9.79. The van der Waals surface area contributed by atoms with Crippen LogP contribution in [0, 0.1) is 0 Å². The monoisotopic (exact) mass is 452 g/mol. The molecule has 2 aromatic heterocycles. The van der Waals surface area contributed by atoms with Crippen molar-refractivity contribution in [2.45, 2.75) is 37.6 Å². The van der Waals surface area contributed by atoms with Crippen LogP contribution in [0.15, 0.2) is 43.0 Å². The Balaban J connectivity index is 1.44. The summed E-state index contributed by atoms with van der Waals surface area (Å²) in [6.45, 7) is 4.75. The highest BCUT2D eigenvalue weighted by Gasteiger charge is 2.38. The van der Waals surface area contributed by atoms with Crippen molar-refractivity contribution >= 4 is 28.4 Å². The summed E-state index contributed by atoms with van der Waals surface area (Å²) in [5.41, 5.74) is 1.46. The minimum Gasteiger partial charge on any atom is -0.350 e. The largest absolute Gasteiger partial charge is 0.350 e. The molecule has 0 spiro atoms. The number of nitrogens with zero attached hydrogens (tertiary/aromatic N) is 4. The van der Waals surface area contributed by atoms with Gasteiger partial charge in [-0.3, -0.25) is 19.2 Å². The Bertz CT molecular complexity index is 1090. The lowest BCUT2D eigenvalue weighted by molar-refractivity contribution is 0.0379. The highest BCUT2D eigenvalue weighted by Crippen LogP contribution is 2.34. The van der Waals surface area contributed by atoms with E-state index in [1.165, 1.54) is 19.3 Å². The zero-order chi connectivity index (χ0) is 22.0. The molecule has 0 bridgehead atoms. The fraction of sp³-hybridized carbons (Fsp3) is 0.458. The summed E-state index contributed by atoms with van der Waals surface area (Å²) in [5.74, 6) is 0.564. The third kappa shape index (κ3) is 4.00. The summed E-state index contributed by atoms with van der Waals surface area (Å²) in [6, 6.07) is 5.67. The van der Waals surface area contributed by atoms with Crippen molar-refractivity contribution in [1.82, 2.24) is 30.1 Å². The fourth-order valence-corrected chi connectivity index (χ4v) is 5.59. The van der Waals surface area contributed by atoms with Crippen LogP contribution in [0.3, 0.4) is 0 Å². The number of fused-ring (bicyclic) bond motifs is 1. The van der Waals surface area contributed by atoms with Crippen LogP contribution in [0.25, 0.3) is 16.7 Å². The van der Waals surface area contributed by atoms with Gasteiger partial charge in [0.05, 0.1) is 22.3 Å². The van der Waals surface area contributed by atoms with Gasteiger partial charge in [-0.2, -0.15) is 0 Å². The summed E-state index contributed by atoms with van der Waals surface area (Å²) in [4.78, 5) is 24.7. The second kappa shape index (κ2) is 9.17. The topological polar surface area (TPSA) is 75.1 Å². The number of aromatic nitrogens is 3. The molecular weight excluding hydrogens is 424 g/mol. The number of rotatable bonds is 5. The molecule has 168 valence electrons. The Hall–Kier alpha value is -2.48. The summed E-state index contributed by atoms with van der Waals surface area (Å²) in [7, 11) is 0. The molecule has 1 amide bonds. The molecule has 5 rings (SSSR count). The van der Waals surface area contributed by atoms with Crippen LogP contribution in [0.1, 0.15) is 42.5 Å². The molecule has 0 unspecified atom stereocenters. The molecule has 2 aliphatic rings. The standard InChI is InChI=1S/C24H29ClN6O/c25-19-5-4-6-20-22(19)18(16-31(20)21-15-27-9-10-28-21)23(32)29-17-24(7-2-1-3-8-24)30-13-11-26-12-14-30/h4-6,9-10,15-16,26H,1-3,7-8,11-14,17H2,(H,29,32). The van der Waals surface area contributed by atoms with Crippen molar-refractivity contribution < 1.29 is 4.79 Å². The highest BCUT2D eigenvalue weighted by atomic mass is 35.5. The van der Waals surface area contributed by atoms with E-state index in [4.69, 9.17) is 11.6 Å². The Labute approximate surface area is 193 Å². The third-order valence-electron chi connectivity index (χ3n) is 6.97. The minimum atomic E-state index is -0.0918. The van der Waals surface area contributed by atoms with Gasteiger partial charge in [0.15, 0.2) is 5.82 Å². The summed E-state index contributed by atoms with van der Waals surface area (Å²) in [6.07, 6.45) is 12.8. The minimum absolute atomic E-state index is 0.0447. The molecular formula is C24H29ClN6O. The third-order valence-corrected chi connectivity index (χ3v) is 7.28. The summed E-state index contributed by atoms with van der Waals surface area (Å²) < 4.78 is 1.88. The molecule has 2 fully saturated rings. The van der Waals surface area contributed by atoms with Crippen LogP contribution in [-0.2, 0) is 0 Å². The van der Waals surface area contributed by atoms with Crippen molar-refractivity contribution in [2.75, 3.05) is 32.7 Å². The normalized spacial score (nSPS) is 19.2. The first-order valence-electron chi connectivity index (χ1n) is 11.5. The van der Waals surface area contributed by atoms with E-state index in [0.717, 1.165) is 49.9 Å². The lowest BCUT2D eigenvalue weighted by Gasteiger charge is -2.48. The van der Waals surface area contributed by atoms with E-state index in [1.54, 1.807) is 18.6 Å². The van der Waals surface area contributed by atoms with E-state index >= 15 is 0 Å². The van der Waals surface area contributed by atoms with Crippen LogP contribution in [-0.4, -0.2) is 63.6 Å². The van der Waals surface area contributed by atoms with Crippen molar-refractivity contribution in [3.8, 4) is 5.82 Å². The number of benzene rings is 1. The SMILES string of the molecule is O=C(NCC1(N2CCNCC2)CCCCC1)c1cn(-c2cnccn2)c2cccc(Cl)c12. The zero-order valence-corrected chi connectivity index (χ0v) is 18.9. The van der Waals surface area contributed by atoms with Crippen LogP contribution >= 0.6 is 11.6 Å². The van der Waals surface area contributed by atoms with Gasteiger partial charge in [-0.25, -0.2) is 4.98 Å². The molecule has 7 nitrogen and oxygen atoms in total. The first-order valence-corrected chi connectivity index (χ1v) is 11.9. The molecule has 8 heteroatoms. The van der Waals surface area contributed by atoms with E-state index in [9.17, 15) is 4.79 Å². The zero-order valence-electron chi connectivity index (χ0n) is 18.2. The Morgan fingerprint density at radius 3 is 2.72 bits per heavy atom. The maximum Gasteiger partial charge on any atom is 0.253 e. The Morgan fingerprint density at radius 1 is 1.16 bits per heavy atom. The molecule has 1 aromatic carbocycles. The van der Waals surface area contributed by atoms with Gasteiger partial charge >= 0.3 is 0 Å².